The Kier molecular flexibility index (Phi) is 16.0. The van der Waals surface area contributed by atoms with Gasteiger partial charge in [-0.2, -0.15) is 25.3 Å². The van der Waals surface area contributed by atoms with Crippen LogP contribution in [0, 0.1) is 24.6 Å². The Bertz CT molecular complexity index is 3880. The van der Waals surface area contributed by atoms with Crippen LogP contribution in [-0.2, 0) is 38.8 Å². The number of nitrogens with zero attached hydrogens (tertiary/aromatic N) is 9. The molecule has 1 saturated carbocycles. The Morgan fingerprint density at radius 3 is 2.48 bits per heavy atom. The van der Waals surface area contributed by atoms with Gasteiger partial charge in [0.15, 0.2) is 12.0 Å². The maximum absolute atomic E-state index is 16.3. The highest BCUT2D eigenvalue weighted by atomic mass is 19.1. The van der Waals surface area contributed by atoms with Gasteiger partial charge >= 0.3 is 6.01 Å². The Balaban J connectivity index is 0.00000700. The molecule has 0 spiro atoms. The molecule has 5 saturated heterocycles. The number of aromatic amines is 1. The Morgan fingerprint density at radius 1 is 0.943 bits per heavy atom. The number of aromatic nitrogens is 8. The molecule has 454 valence electrons. The normalized spacial score (nSPS) is 19.9. The summed E-state index contributed by atoms with van der Waals surface area (Å²) < 4.78 is 44.9. The van der Waals surface area contributed by atoms with E-state index < -0.39 is 12.1 Å². The van der Waals surface area contributed by atoms with Crippen molar-refractivity contribution in [3.8, 4) is 45.3 Å². The number of benzene rings is 4. The van der Waals surface area contributed by atoms with E-state index in [1.807, 2.05) is 87.2 Å². The first-order chi connectivity index (χ1) is 42.0. The first-order valence-electron chi connectivity index (χ1n) is 30.5. The maximum Gasteiger partial charge on any atom is 0.319 e. The molecule has 14 rings (SSSR count). The van der Waals surface area contributed by atoms with Crippen LogP contribution in [0.15, 0.2) is 79.3 Å². The van der Waals surface area contributed by atoms with E-state index in [1.54, 1.807) is 22.0 Å². The van der Waals surface area contributed by atoms with Crippen molar-refractivity contribution in [2.75, 3.05) is 63.3 Å². The number of piperazine rings is 1. The highest BCUT2D eigenvalue weighted by molar-refractivity contribution is 6.06. The molecule has 20 nitrogen and oxygen atoms in total. The third kappa shape index (κ3) is 11.1. The summed E-state index contributed by atoms with van der Waals surface area (Å²) in [5.74, 6) is 0.929. The highest BCUT2D eigenvalue weighted by Gasteiger charge is 2.42. The number of halogens is 1. The summed E-state index contributed by atoms with van der Waals surface area (Å²) in [6, 6.07) is 19.1. The molecule has 21 heteroatoms. The fraction of sp³-hybridized carbons (Fsp3) is 0.455. The number of rotatable bonds is 20. The van der Waals surface area contributed by atoms with Crippen molar-refractivity contribution in [2.24, 2.45) is 11.8 Å². The number of nitrogens with one attached hydrogen (secondary N) is 4. The van der Waals surface area contributed by atoms with Crippen LogP contribution in [0.4, 0.5) is 15.9 Å². The molecule has 0 radical (unpaired) electrons. The Morgan fingerprint density at radius 2 is 1.76 bits per heavy atom. The molecular formula is C66H76FN13O7. The molecule has 4 atom stereocenters. The zero-order valence-electron chi connectivity index (χ0n) is 49.0. The summed E-state index contributed by atoms with van der Waals surface area (Å²) in [4.78, 5) is 56.4. The van der Waals surface area contributed by atoms with E-state index in [-0.39, 0.29) is 67.4 Å². The van der Waals surface area contributed by atoms with Gasteiger partial charge in [-0.15, -0.1) is 0 Å². The highest BCUT2D eigenvalue weighted by Crippen LogP contribution is 2.54. The van der Waals surface area contributed by atoms with Crippen molar-refractivity contribution in [3.05, 3.63) is 113 Å². The number of likely N-dealkylation sites (tertiary alicyclic amines) is 1. The van der Waals surface area contributed by atoms with Crippen molar-refractivity contribution < 1.29 is 37.7 Å². The van der Waals surface area contributed by atoms with Gasteiger partial charge in [-0.3, -0.25) is 28.8 Å². The lowest BCUT2D eigenvalue weighted by atomic mass is 9.88. The zero-order valence-corrected chi connectivity index (χ0v) is 49.0. The minimum absolute atomic E-state index is 0. The Hall–Kier alpha value is -8.27. The molecule has 1 aliphatic carbocycles. The lowest BCUT2D eigenvalue weighted by molar-refractivity contribution is -0.142. The van der Waals surface area contributed by atoms with Crippen LogP contribution >= 0.6 is 0 Å². The molecule has 8 aromatic rings. The molecule has 6 aliphatic rings. The molecule has 2 amide bonds. The van der Waals surface area contributed by atoms with E-state index in [2.05, 4.69) is 42.2 Å². The van der Waals surface area contributed by atoms with Crippen LogP contribution in [0.25, 0.3) is 55.3 Å². The predicted octanol–water partition coefficient (Wildman–Crippen LogP) is 9.55. The van der Waals surface area contributed by atoms with Gasteiger partial charge in [0.2, 0.25) is 11.8 Å². The minimum atomic E-state index is -0.802. The smallest absolute Gasteiger partial charge is 0.319 e. The number of aldehydes is 1. The van der Waals surface area contributed by atoms with Gasteiger partial charge in [0.25, 0.3) is 0 Å². The van der Waals surface area contributed by atoms with Gasteiger partial charge in [0, 0.05) is 122 Å². The van der Waals surface area contributed by atoms with Crippen molar-refractivity contribution >= 4 is 51.4 Å². The number of hydrogen-bond donors (Lipinski definition) is 4. The van der Waals surface area contributed by atoms with E-state index in [9.17, 15) is 14.4 Å². The summed E-state index contributed by atoms with van der Waals surface area (Å²) in [5, 5.41) is 28.5. The number of amides is 2. The molecule has 2 bridgehead atoms. The first kappa shape index (κ1) is 57.8. The van der Waals surface area contributed by atoms with Crippen molar-refractivity contribution in [1.29, 1.82) is 0 Å². The fourth-order valence-electron chi connectivity index (χ4n) is 13.6. The zero-order chi connectivity index (χ0) is 58.7. The van der Waals surface area contributed by atoms with Gasteiger partial charge in [-0.1, -0.05) is 57.7 Å². The van der Waals surface area contributed by atoms with Crippen LogP contribution in [0.2, 0.25) is 0 Å². The lowest BCUT2D eigenvalue weighted by Gasteiger charge is -2.31. The second-order valence-corrected chi connectivity index (χ2v) is 24.5. The molecule has 4 aromatic heterocycles. The monoisotopic (exact) mass is 1180 g/mol. The van der Waals surface area contributed by atoms with Gasteiger partial charge in [0.05, 0.1) is 43.8 Å². The number of carbonyl (C=O) groups is 3. The van der Waals surface area contributed by atoms with Crippen LogP contribution in [-0.4, -0.2) is 140 Å². The van der Waals surface area contributed by atoms with Crippen LogP contribution in [0.5, 0.6) is 11.8 Å². The van der Waals surface area contributed by atoms with Gasteiger partial charge < -0.3 is 44.7 Å². The molecule has 4 unspecified atom stereocenters. The van der Waals surface area contributed by atoms with E-state index in [0.717, 1.165) is 102 Å². The number of carbonyl (C=O) groups excluding carboxylic acids is 3. The number of H-pyrrole nitrogens is 1. The second-order valence-electron chi connectivity index (χ2n) is 24.5. The summed E-state index contributed by atoms with van der Waals surface area (Å²) in [6.45, 7) is 11.7. The number of hydrogen-bond acceptors (Lipinski definition) is 15. The maximum atomic E-state index is 16.3. The minimum Gasteiger partial charge on any atom is -0.486 e. The van der Waals surface area contributed by atoms with E-state index in [4.69, 9.17) is 34.0 Å². The average Bonchev–Trinajstić information content (AvgIpc) is 1.87. The van der Waals surface area contributed by atoms with Crippen LogP contribution in [0.3, 0.4) is 0 Å². The topological polar surface area (TPSA) is 221 Å². The summed E-state index contributed by atoms with van der Waals surface area (Å²) >= 11 is 0. The third-order valence-electron chi connectivity index (χ3n) is 18.4. The van der Waals surface area contributed by atoms with Crippen molar-refractivity contribution in [1.82, 2.24) is 55.3 Å². The van der Waals surface area contributed by atoms with Crippen molar-refractivity contribution in [3.63, 3.8) is 0 Å². The summed E-state index contributed by atoms with van der Waals surface area (Å²) in [7, 11) is 1.82. The first-order valence-corrected chi connectivity index (χ1v) is 30.5. The Labute approximate surface area is 504 Å². The number of fused-ring (bicyclic) bond motifs is 4. The van der Waals surface area contributed by atoms with E-state index >= 15 is 4.39 Å². The van der Waals surface area contributed by atoms with Gasteiger partial charge in [-0.05, 0) is 103 Å². The number of anilines is 2. The van der Waals surface area contributed by atoms with Crippen LogP contribution < -0.4 is 30.3 Å². The SMILES string of the molecule is C.CNc1cc(COc2c(-c3c(C)c(F)cc4[nH]ncc34)c(C3CC3)cc3c(N4CC5CC4CN5)nc(OC4CCOCC4)nc23)ccc1-c1cn(C(C(=O)N2CCCC2C(=O)NCc2ccc(-c3ccnn3CC3COC3)cc2)C(C)C)nc1C=O. The standard InChI is InChI=1S/C65H72FN13O7.CH4/c1-36(2)60(64(82)76-19-5-6-56(76)63(81)69-26-38-7-10-42(11-8-38)55-15-18-71-78(55)29-40-33-84-34-40)79-31-50(54(32-80)75-79)46-14-9-39(22-52(46)67-4)35-85-61-58(57-37(3)51(66)25-53-49(57)28-70-74-53)47(41-12-13-41)24-48-59(61)72-65(86-45-16-20-83-21-17-45)73-62(48)77-30-43-23-44(77)27-68-43;/h7-11,14-15,18,22,24-25,28,31-32,36,40-41,43-45,56,60,67-68H,5-6,12-13,16-17,19-21,23,26-27,29-30,33-35H2,1-4H3,(H,69,81)(H,70,74);1H4. The largest absolute Gasteiger partial charge is 0.486 e. The number of ether oxygens (including phenoxy) is 4. The fourth-order valence-corrected chi connectivity index (χ4v) is 13.6. The molecule has 5 aliphatic heterocycles. The molecular weight excluding hydrogens is 1110 g/mol. The quantitative estimate of drug-likeness (QED) is 0.0522. The third-order valence-corrected chi connectivity index (χ3v) is 18.4. The predicted molar refractivity (Wildman–Crippen MR) is 329 cm³/mol. The van der Waals surface area contributed by atoms with Crippen molar-refractivity contribution in [2.45, 2.75) is 129 Å². The lowest BCUT2D eigenvalue weighted by Crippen LogP contribution is -2.48. The van der Waals surface area contributed by atoms with Crippen LogP contribution in [0.1, 0.15) is 111 Å². The molecule has 9 heterocycles. The molecule has 6 fully saturated rings. The van der Waals surface area contributed by atoms with E-state index in [0.29, 0.717) is 115 Å². The molecule has 87 heavy (non-hydrogen) atoms. The summed E-state index contributed by atoms with van der Waals surface area (Å²) in [6.07, 6.45) is 11.5. The second kappa shape index (κ2) is 24.1. The van der Waals surface area contributed by atoms with Gasteiger partial charge in [-0.25, -0.2) is 4.39 Å². The average molecular weight is 1180 g/mol. The van der Waals surface area contributed by atoms with Gasteiger partial charge in [0.1, 0.15) is 47.6 Å². The molecule has 4 aromatic carbocycles. The summed E-state index contributed by atoms with van der Waals surface area (Å²) in [5.41, 5.74) is 10.1. The van der Waals surface area contributed by atoms with E-state index in [1.165, 1.54) is 6.07 Å². The molecule has 4 N–H and O–H groups in total.